The number of unbranched alkanes of at least 4 members (excludes halogenated alkanes) is 3. The molecule has 0 heterocycles. The summed E-state index contributed by atoms with van der Waals surface area (Å²) >= 11 is -2.66. The molecule has 3 nitrogen and oxygen atoms in total. The Hall–Kier alpha value is -0.711. The molecule has 4 heteroatoms. The Morgan fingerprint density at radius 3 is 1.75 bits per heavy atom. The molecule has 1 rings (SSSR count). The standard InChI is InChI=1S/C8H10N3.3C4H9.Sn/c9-8(10)11-6-7-4-2-1-3-5-7;3*1-3-4-2;/h1-5H,6H2,(H3-,9,10,11);3*1,3-4H2,2H3;/q-1;;;;+1. The number of benzene rings is 1. The molecule has 0 fully saturated rings. The van der Waals surface area contributed by atoms with E-state index in [2.05, 4.69) is 54.2 Å². The minimum atomic E-state index is -2.66. The topological polar surface area (TPSA) is 53.1 Å². The molecule has 24 heavy (non-hydrogen) atoms. The number of rotatable bonds is 12. The Morgan fingerprint density at radius 2 is 1.38 bits per heavy atom. The quantitative estimate of drug-likeness (QED) is 0.249. The van der Waals surface area contributed by atoms with Crippen LogP contribution in [0.25, 0.3) is 0 Å². The second kappa shape index (κ2) is 11.8. The Morgan fingerprint density at radius 1 is 0.917 bits per heavy atom. The van der Waals surface area contributed by atoms with Crippen LogP contribution < -0.4 is 5.73 Å². The molecule has 0 atom stereocenters. The van der Waals surface area contributed by atoms with Gasteiger partial charge in [0.1, 0.15) is 0 Å². The molecule has 1 aromatic carbocycles. The molecule has 0 saturated heterocycles. The Labute approximate surface area is 153 Å². The SMILES string of the molecule is CCC[CH2][Sn]([CH2]CCC)([CH2]CCC)[N](Cc1ccccc1)C(=N)N. The predicted molar refractivity (Wildman–Crippen MR) is 109 cm³/mol. The summed E-state index contributed by atoms with van der Waals surface area (Å²) in [6.45, 7) is 7.69. The van der Waals surface area contributed by atoms with Crippen LogP contribution >= 0.6 is 0 Å². The molecule has 0 aliphatic rings. The van der Waals surface area contributed by atoms with Crippen molar-refractivity contribution in [1.82, 2.24) is 3.12 Å². The van der Waals surface area contributed by atoms with E-state index in [9.17, 15) is 0 Å². The summed E-state index contributed by atoms with van der Waals surface area (Å²) in [7, 11) is 0. The molecule has 1 aromatic rings. The van der Waals surface area contributed by atoms with Crippen LogP contribution in [-0.4, -0.2) is 27.7 Å². The minimum absolute atomic E-state index is 0.318. The van der Waals surface area contributed by atoms with Gasteiger partial charge in [-0.3, -0.25) is 0 Å². The van der Waals surface area contributed by atoms with Crippen LogP contribution in [0.15, 0.2) is 30.3 Å². The molecule has 0 aromatic heterocycles. The first-order valence-electron chi connectivity index (χ1n) is 9.75. The molecule has 0 aliphatic carbocycles. The van der Waals surface area contributed by atoms with Crippen molar-refractivity contribution in [3.05, 3.63) is 35.9 Å². The van der Waals surface area contributed by atoms with Gasteiger partial charge in [0.2, 0.25) is 0 Å². The van der Waals surface area contributed by atoms with E-state index >= 15 is 0 Å². The first-order valence-corrected chi connectivity index (χ1v) is 17.1. The monoisotopic (exact) mass is 439 g/mol. The third-order valence-electron chi connectivity index (χ3n) is 5.03. The van der Waals surface area contributed by atoms with Crippen LogP contribution in [0.5, 0.6) is 0 Å². The van der Waals surface area contributed by atoms with Gasteiger partial charge in [0.05, 0.1) is 0 Å². The zero-order valence-electron chi connectivity index (χ0n) is 16.0. The fourth-order valence-electron chi connectivity index (χ4n) is 3.57. The van der Waals surface area contributed by atoms with Gasteiger partial charge >= 0.3 is 154 Å². The van der Waals surface area contributed by atoms with Crippen LogP contribution in [0.4, 0.5) is 0 Å². The van der Waals surface area contributed by atoms with Gasteiger partial charge in [0.25, 0.3) is 0 Å². The molecule has 0 bridgehead atoms. The van der Waals surface area contributed by atoms with Crippen molar-refractivity contribution in [3.63, 3.8) is 0 Å². The number of nitrogens with one attached hydrogen (secondary N) is 1. The summed E-state index contributed by atoms with van der Waals surface area (Å²) in [6, 6.07) is 10.6. The number of nitrogens with two attached hydrogens (primary N) is 1. The van der Waals surface area contributed by atoms with E-state index in [-0.39, 0.29) is 0 Å². The van der Waals surface area contributed by atoms with Crippen molar-refractivity contribution in [2.45, 2.75) is 79.2 Å². The van der Waals surface area contributed by atoms with Gasteiger partial charge in [-0.15, -0.1) is 0 Å². The molecule has 3 N–H and O–H groups in total. The van der Waals surface area contributed by atoms with E-state index in [0.29, 0.717) is 5.96 Å². The first kappa shape index (κ1) is 21.3. The van der Waals surface area contributed by atoms with Gasteiger partial charge in [-0.1, -0.05) is 0 Å². The number of hydrogen-bond acceptors (Lipinski definition) is 1. The van der Waals surface area contributed by atoms with E-state index in [4.69, 9.17) is 11.1 Å². The van der Waals surface area contributed by atoms with Gasteiger partial charge in [-0.2, -0.15) is 0 Å². The normalized spacial score (nSPS) is 11.5. The van der Waals surface area contributed by atoms with Crippen molar-refractivity contribution in [1.29, 1.82) is 5.41 Å². The van der Waals surface area contributed by atoms with Crippen LogP contribution in [0.3, 0.4) is 0 Å². The van der Waals surface area contributed by atoms with Crippen molar-refractivity contribution in [2.75, 3.05) is 0 Å². The molecule has 136 valence electrons. The number of guanidine groups is 1. The van der Waals surface area contributed by atoms with E-state index in [1.54, 1.807) is 0 Å². The summed E-state index contributed by atoms with van der Waals surface area (Å²) in [5, 5.41) is 8.32. The van der Waals surface area contributed by atoms with E-state index < -0.39 is 18.7 Å². The van der Waals surface area contributed by atoms with E-state index in [0.717, 1.165) is 6.54 Å². The Kier molecular flexibility index (Phi) is 10.5. The average Bonchev–Trinajstić information content (AvgIpc) is 2.60. The number of nitrogens with zero attached hydrogens (tertiary/aromatic N) is 1. The van der Waals surface area contributed by atoms with Crippen LogP contribution in [0.1, 0.15) is 64.9 Å². The third kappa shape index (κ3) is 6.65. The van der Waals surface area contributed by atoms with Crippen molar-refractivity contribution < 1.29 is 0 Å². The fraction of sp³-hybridized carbons (Fsp3) is 0.650. The summed E-state index contributed by atoms with van der Waals surface area (Å²) in [5.41, 5.74) is 7.44. The predicted octanol–water partition coefficient (Wildman–Crippen LogP) is 5.73. The molecular formula is C20H37N3Sn. The zero-order valence-corrected chi connectivity index (χ0v) is 18.8. The number of hydrogen-bond donors (Lipinski definition) is 2. The van der Waals surface area contributed by atoms with Gasteiger partial charge in [-0.05, 0) is 0 Å². The zero-order chi connectivity index (χ0) is 17.8. The van der Waals surface area contributed by atoms with Gasteiger partial charge < -0.3 is 0 Å². The van der Waals surface area contributed by atoms with Crippen LogP contribution in [0.2, 0.25) is 13.3 Å². The van der Waals surface area contributed by atoms with Crippen molar-refractivity contribution in [3.8, 4) is 0 Å². The van der Waals surface area contributed by atoms with Gasteiger partial charge in [0, 0.05) is 0 Å². The Balaban J connectivity index is 3.12. The molecule has 0 aliphatic heterocycles. The molecule has 0 saturated carbocycles. The molecular weight excluding hydrogens is 401 g/mol. The fourth-order valence-corrected chi connectivity index (χ4v) is 19.6. The summed E-state index contributed by atoms with van der Waals surface area (Å²) < 4.78 is 6.44. The Bertz CT molecular complexity index is 439. The maximum atomic E-state index is 8.32. The summed E-state index contributed by atoms with van der Waals surface area (Å²) in [5.74, 6) is 0.318. The van der Waals surface area contributed by atoms with Gasteiger partial charge in [-0.25, -0.2) is 0 Å². The third-order valence-corrected chi connectivity index (χ3v) is 20.4. The van der Waals surface area contributed by atoms with E-state index in [1.165, 1.54) is 57.4 Å². The van der Waals surface area contributed by atoms with Crippen LogP contribution in [-0.2, 0) is 6.54 Å². The van der Waals surface area contributed by atoms with Crippen molar-refractivity contribution in [2.24, 2.45) is 5.73 Å². The average molecular weight is 438 g/mol. The molecule has 0 amide bonds. The molecule has 0 radical (unpaired) electrons. The maximum absolute atomic E-state index is 8.32. The van der Waals surface area contributed by atoms with Crippen molar-refractivity contribution >= 4 is 24.6 Å². The second-order valence-corrected chi connectivity index (χ2v) is 19.8. The molecule has 0 spiro atoms. The van der Waals surface area contributed by atoms with Gasteiger partial charge in [0.15, 0.2) is 0 Å². The first-order chi connectivity index (χ1) is 11.6. The summed E-state index contributed by atoms with van der Waals surface area (Å²) in [4.78, 5) is 0. The van der Waals surface area contributed by atoms with E-state index in [1.807, 2.05) is 0 Å². The summed E-state index contributed by atoms with van der Waals surface area (Å²) in [6.07, 6.45) is 7.61. The molecule has 0 unspecified atom stereocenters. The second-order valence-electron chi connectivity index (χ2n) is 6.99. The van der Waals surface area contributed by atoms with Crippen LogP contribution in [0, 0.1) is 5.41 Å².